The van der Waals surface area contributed by atoms with Crippen molar-refractivity contribution in [2.45, 2.75) is 26.0 Å². The van der Waals surface area contributed by atoms with Crippen LogP contribution in [-0.2, 0) is 4.74 Å². The molecule has 15 heavy (non-hydrogen) atoms. The number of benzene rings is 1. The lowest BCUT2D eigenvalue weighted by Gasteiger charge is -2.19. The maximum atomic E-state index is 6.11. The predicted molar refractivity (Wildman–Crippen MR) is 64.3 cm³/mol. The van der Waals surface area contributed by atoms with Gasteiger partial charge >= 0.3 is 0 Å². The van der Waals surface area contributed by atoms with Crippen LogP contribution in [0, 0.1) is 0 Å². The quantitative estimate of drug-likeness (QED) is 0.835. The second-order valence-corrected chi connectivity index (χ2v) is 4.22. The maximum absolute atomic E-state index is 6.11. The van der Waals surface area contributed by atoms with E-state index < -0.39 is 0 Å². The zero-order chi connectivity index (χ0) is 11.3. The van der Waals surface area contributed by atoms with Crippen LogP contribution in [0.5, 0.6) is 0 Å². The molecule has 1 aromatic carbocycles. The predicted octanol–water partition coefficient (Wildman–Crippen LogP) is 3.03. The van der Waals surface area contributed by atoms with Gasteiger partial charge in [0.25, 0.3) is 0 Å². The molecule has 0 amide bonds. The lowest BCUT2D eigenvalue weighted by atomic mass is 10.1. The van der Waals surface area contributed by atoms with Crippen LogP contribution in [-0.4, -0.2) is 19.7 Å². The van der Waals surface area contributed by atoms with Gasteiger partial charge in [0, 0.05) is 30.3 Å². The fraction of sp³-hybridized carbons (Fsp3) is 0.500. The van der Waals surface area contributed by atoms with Gasteiger partial charge in [-0.2, -0.15) is 0 Å². The van der Waals surface area contributed by atoms with Crippen LogP contribution in [0.2, 0.25) is 5.02 Å². The topological polar surface area (TPSA) is 21.3 Å². The van der Waals surface area contributed by atoms with Gasteiger partial charge in [0.1, 0.15) is 0 Å². The minimum absolute atomic E-state index is 0.0149. The van der Waals surface area contributed by atoms with E-state index in [1.807, 2.05) is 24.3 Å². The Hall–Kier alpha value is -0.570. The lowest BCUT2D eigenvalue weighted by Crippen LogP contribution is -2.28. The molecule has 0 saturated carbocycles. The van der Waals surface area contributed by atoms with Crippen LogP contribution >= 0.6 is 11.6 Å². The first-order chi connectivity index (χ1) is 7.15. The van der Waals surface area contributed by atoms with Crippen molar-refractivity contribution in [2.24, 2.45) is 0 Å². The van der Waals surface area contributed by atoms with E-state index in [2.05, 4.69) is 19.2 Å². The first-order valence-electron chi connectivity index (χ1n) is 5.15. The smallest absolute Gasteiger partial charge is 0.0959 e. The third-order valence-corrected chi connectivity index (χ3v) is 2.59. The Bertz CT molecular complexity index is 301. The normalized spacial score (nSPS) is 13.1. The summed E-state index contributed by atoms with van der Waals surface area (Å²) in [5.41, 5.74) is 1.04. The van der Waals surface area contributed by atoms with Crippen molar-refractivity contribution in [3.8, 4) is 0 Å². The molecule has 0 spiro atoms. The summed E-state index contributed by atoms with van der Waals surface area (Å²) in [7, 11) is 1.70. The number of ether oxygens (including phenoxy) is 1. The van der Waals surface area contributed by atoms with Crippen molar-refractivity contribution in [2.75, 3.05) is 13.7 Å². The number of hydrogen-bond acceptors (Lipinski definition) is 2. The Labute approximate surface area is 96.6 Å². The molecule has 1 atom stereocenters. The lowest BCUT2D eigenvalue weighted by molar-refractivity contribution is 0.101. The highest BCUT2D eigenvalue weighted by Gasteiger charge is 2.13. The Morgan fingerprint density at radius 1 is 1.33 bits per heavy atom. The Morgan fingerprint density at radius 3 is 2.53 bits per heavy atom. The molecular formula is C12H18ClNO. The van der Waals surface area contributed by atoms with E-state index in [0.29, 0.717) is 6.04 Å². The van der Waals surface area contributed by atoms with Crippen LogP contribution in [0.3, 0.4) is 0 Å². The molecule has 0 aliphatic carbocycles. The van der Waals surface area contributed by atoms with E-state index in [1.54, 1.807) is 7.11 Å². The summed E-state index contributed by atoms with van der Waals surface area (Å²) in [5.74, 6) is 0. The standard InChI is InChI=1S/C12H18ClNO/c1-9(2)14-8-12(15-3)10-6-4-5-7-11(10)13/h4-7,9,12,14H,8H2,1-3H3. The summed E-state index contributed by atoms with van der Waals surface area (Å²) in [6.07, 6.45) is 0.0149. The minimum atomic E-state index is 0.0149. The van der Waals surface area contributed by atoms with Crippen LogP contribution in [0.4, 0.5) is 0 Å². The van der Waals surface area contributed by atoms with Crippen molar-refractivity contribution in [3.63, 3.8) is 0 Å². The van der Waals surface area contributed by atoms with E-state index in [-0.39, 0.29) is 6.10 Å². The number of hydrogen-bond donors (Lipinski definition) is 1. The second kappa shape index (κ2) is 6.11. The largest absolute Gasteiger partial charge is 0.375 e. The molecular weight excluding hydrogens is 210 g/mol. The summed E-state index contributed by atoms with van der Waals surface area (Å²) in [4.78, 5) is 0. The van der Waals surface area contributed by atoms with Gasteiger partial charge in [-0.1, -0.05) is 43.6 Å². The first-order valence-corrected chi connectivity index (χ1v) is 5.53. The molecule has 0 aliphatic heterocycles. The Balaban J connectivity index is 2.70. The second-order valence-electron chi connectivity index (χ2n) is 3.81. The minimum Gasteiger partial charge on any atom is -0.375 e. The van der Waals surface area contributed by atoms with Crippen molar-refractivity contribution in [1.29, 1.82) is 0 Å². The number of nitrogens with one attached hydrogen (secondary N) is 1. The van der Waals surface area contributed by atoms with E-state index in [9.17, 15) is 0 Å². The Morgan fingerprint density at radius 2 is 2.00 bits per heavy atom. The summed E-state index contributed by atoms with van der Waals surface area (Å²) < 4.78 is 5.42. The SMILES string of the molecule is COC(CNC(C)C)c1ccccc1Cl. The van der Waals surface area contributed by atoms with Gasteiger partial charge in [0.05, 0.1) is 6.10 Å². The first kappa shape index (κ1) is 12.5. The monoisotopic (exact) mass is 227 g/mol. The molecule has 0 heterocycles. The molecule has 1 rings (SSSR count). The number of methoxy groups -OCH3 is 1. The highest BCUT2D eigenvalue weighted by Crippen LogP contribution is 2.24. The summed E-state index contributed by atoms with van der Waals surface area (Å²) in [5, 5.41) is 4.10. The highest BCUT2D eigenvalue weighted by atomic mass is 35.5. The van der Waals surface area contributed by atoms with Crippen molar-refractivity contribution in [1.82, 2.24) is 5.32 Å². The average Bonchev–Trinajstić information content (AvgIpc) is 2.21. The summed E-state index contributed by atoms with van der Waals surface area (Å²) in [6.45, 7) is 5.00. The third-order valence-electron chi connectivity index (χ3n) is 2.25. The van der Waals surface area contributed by atoms with E-state index in [4.69, 9.17) is 16.3 Å². The van der Waals surface area contributed by atoms with Crippen molar-refractivity contribution >= 4 is 11.6 Å². The summed E-state index contributed by atoms with van der Waals surface area (Å²) in [6, 6.07) is 8.23. The van der Waals surface area contributed by atoms with Crippen LogP contribution in [0.1, 0.15) is 25.5 Å². The van der Waals surface area contributed by atoms with Crippen LogP contribution in [0.25, 0.3) is 0 Å². The molecule has 0 saturated heterocycles. The summed E-state index contributed by atoms with van der Waals surface area (Å²) >= 11 is 6.11. The van der Waals surface area contributed by atoms with Crippen LogP contribution < -0.4 is 5.32 Å². The van der Waals surface area contributed by atoms with Crippen LogP contribution in [0.15, 0.2) is 24.3 Å². The van der Waals surface area contributed by atoms with E-state index in [0.717, 1.165) is 17.1 Å². The molecule has 1 aromatic rings. The fourth-order valence-corrected chi connectivity index (χ4v) is 1.66. The fourth-order valence-electron chi connectivity index (χ4n) is 1.40. The van der Waals surface area contributed by atoms with Gasteiger partial charge in [-0.25, -0.2) is 0 Å². The zero-order valence-electron chi connectivity index (χ0n) is 9.46. The maximum Gasteiger partial charge on any atom is 0.0959 e. The molecule has 3 heteroatoms. The van der Waals surface area contributed by atoms with Crippen molar-refractivity contribution in [3.05, 3.63) is 34.9 Å². The Kier molecular flexibility index (Phi) is 5.09. The number of rotatable bonds is 5. The highest BCUT2D eigenvalue weighted by molar-refractivity contribution is 6.31. The van der Waals surface area contributed by atoms with E-state index >= 15 is 0 Å². The van der Waals surface area contributed by atoms with Gasteiger partial charge < -0.3 is 10.1 Å². The van der Waals surface area contributed by atoms with Gasteiger partial charge in [0.15, 0.2) is 0 Å². The molecule has 0 radical (unpaired) electrons. The molecule has 1 N–H and O–H groups in total. The zero-order valence-corrected chi connectivity index (χ0v) is 10.2. The molecule has 1 unspecified atom stereocenters. The molecule has 0 aromatic heterocycles. The number of halogens is 1. The van der Waals surface area contributed by atoms with Gasteiger partial charge in [-0.3, -0.25) is 0 Å². The van der Waals surface area contributed by atoms with Gasteiger partial charge in [0.2, 0.25) is 0 Å². The van der Waals surface area contributed by atoms with E-state index in [1.165, 1.54) is 0 Å². The molecule has 0 aliphatic rings. The molecule has 2 nitrogen and oxygen atoms in total. The average molecular weight is 228 g/mol. The third kappa shape index (κ3) is 3.82. The molecule has 0 bridgehead atoms. The van der Waals surface area contributed by atoms with Crippen molar-refractivity contribution < 1.29 is 4.74 Å². The van der Waals surface area contributed by atoms with Gasteiger partial charge in [-0.05, 0) is 6.07 Å². The molecule has 0 fully saturated rings. The molecule has 84 valence electrons. The van der Waals surface area contributed by atoms with Gasteiger partial charge in [-0.15, -0.1) is 0 Å².